The van der Waals surface area contributed by atoms with Crippen LogP contribution in [0.25, 0.3) is 0 Å². The lowest BCUT2D eigenvalue weighted by Gasteiger charge is -2.18. The van der Waals surface area contributed by atoms with E-state index in [0.29, 0.717) is 18.4 Å². The van der Waals surface area contributed by atoms with Gasteiger partial charge in [-0.05, 0) is 18.4 Å². The molecule has 0 bridgehead atoms. The Morgan fingerprint density at radius 2 is 2.00 bits per heavy atom. The van der Waals surface area contributed by atoms with Gasteiger partial charge in [0.2, 0.25) is 5.91 Å². The summed E-state index contributed by atoms with van der Waals surface area (Å²) < 4.78 is 4.89. The number of benzene rings is 1. The fraction of sp³-hybridized carbons (Fsp3) is 0.524. The molecule has 1 heterocycles. The molecule has 2 amide bonds. The molecule has 1 fully saturated rings. The van der Waals surface area contributed by atoms with Crippen LogP contribution in [0, 0.1) is 5.41 Å². The van der Waals surface area contributed by atoms with Crippen LogP contribution in [0.3, 0.4) is 0 Å². The van der Waals surface area contributed by atoms with Crippen LogP contribution >= 0.6 is 12.4 Å². The highest BCUT2D eigenvalue weighted by molar-refractivity contribution is 5.94. The summed E-state index contributed by atoms with van der Waals surface area (Å²) in [4.78, 5) is 41.1. The minimum atomic E-state index is -1.30. The van der Waals surface area contributed by atoms with Gasteiger partial charge in [0.25, 0.3) is 0 Å². The second-order valence-corrected chi connectivity index (χ2v) is 7.59. The molecule has 0 spiro atoms. The van der Waals surface area contributed by atoms with E-state index in [-0.39, 0.29) is 55.9 Å². The van der Waals surface area contributed by atoms with E-state index < -0.39 is 18.1 Å². The van der Waals surface area contributed by atoms with E-state index in [0.717, 1.165) is 12.0 Å². The highest BCUT2D eigenvalue weighted by atomic mass is 35.5. The number of amides is 2. The Hall–Kier alpha value is -2.89. The van der Waals surface area contributed by atoms with Gasteiger partial charge < -0.3 is 26.2 Å². The second-order valence-electron chi connectivity index (χ2n) is 7.59. The van der Waals surface area contributed by atoms with Crippen molar-refractivity contribution in [3.8, 4) is 0 Å². The molecule has 0 unspecified atom stereocenters. The predicted octanol–water partition coefficient (Wildman–Crippen LogP) is 1.56. The quantitative estimate of drug-likeness (QED) is 0.179. The molecule has 1 aliphatic heterocycles. The number of halogens is 1. The van der Waals surface area contributed by atoms with Crippen molar-refractivity contribution in [1.82, 2.24) is 15.7 Å². The fourth-order valence-corrected chi connectivity index (χ4v) is 3.29. The molecule has 12 heteroatoms. The van der Waals surface area contributed by atoms with Gasteiger partial charge in [-0.1, -0.05) is 37.6 Å². The summed E-state index contributed by atoms with van der Waals surface area (Å²) >= 11 is 0. The molecule has 0 radical (unpaired) electrons. The van der Waals surface area contributed by atoms with Crippen molar-refractivity contribution in [2.45, 2.75) is 50.8 Å². The minimum Gasteiger partial charge on any atom is -0.480 e. The Morgan fingerprint density at radius 1 is 1.33 bits per heavy atom. The maximum absolute atomic E-state index is 12.3. The molecule has 1 aliphatic rings. The van der Waals surface area contributed by atoms with Crippen molar-refractivity contribution in [2.75, 3.05) is 20.2 Å². The van der Waals surface area contributed by atoms with Gasteiger partial charge in [0.15, 0.2) is 0 Å². The number of hydrogen-bond acceptors (Lipinski definition) is 7. The lowest BCUT2D eigenvalue weighted by Crippen LogP contribution is -2.48. The number of nitrogen functional groups attached to an aromatic ring is 1. The van der Waals surface area contributed by atoms with Crippen molar-refractivity contribution >= 4 is 36.2 Å². The number of ether oxygens (including phenoxy) is 1. The topological polar surface area (TPSA) is 167 Å². The van der Waals surface area contributed by atoms with E-state index in [9.17, 15) is 19.5 Å². The predicted molar refractivity (Wildman–Crippen MR) is 123 cm³/mol. The molecule has 0 aromatic heterocycles. The zero-order valence-corrected chi connectivity index (χ0v) is 19.5. The summed E-state index contributed by atoms with van der Waals surface area (Å²) in [6.07, 6.45) is 0.911. The van der Waals surface area contributed by atoms with Crippen LogP contribution in [0.15, 0.2) is 24.3 Å². The third-order valence-corrected chi connectivity index (χ3v) is 5.08. The van der Waals surface area contributed by atoms with E-state index in [1.165, 1.54) is 0 Å². The number of hydrogen-bond donors (Lipinski definition) is 5. The van der Waals surface area contributed by atoms with Crippen molar-refractivity contribution in [1.29, 1.82) is 5.41 Å². The number of nitrogens with two attached hydrogens (primary N) is 1. The van der Waals surface area contributed by atoms with E-state index >= 15 is 0 Å². The first kappa shape index (κ1) is 28.1. The van der Waals surface area contributed by atoms with Gasteiger partial charge in [0.05, 0.1) is 25.2 Å². The molecule has 184 valence electrons. The van der Waals surface area contributed by atoms with Crippen molar-refractivity contribution < 1.29 is 29.1 Å². The Balaban J connectivity index is 0.00000544. The highest BCUT2D eigenvalue weighted by Gasteiger charge is 2.33. The third-order valence-electron chi connectivity index (χ3n) is 5.08. The van der Waals surface area contributed by atoms with Gasteiger partial charge in [0.1, 0.15) is 11.9 Å². The molecular formula is C21H32ClN5O6. The molecule has 11 nitrogen and oxygen atoms in total. The molecule has 2 rings (SSSR count). The van der Waals surface area contributed by atoms with Gasteiger partial charge in [-0.3, -0.25) is 15.0 Å². The first-order valence-corrected chi connectivity index (χ1v) is 10.5. The zero-order valence-electron chi connectivity index (χ0n) is 18.7. The largest absolute Gasteiger partial charge is 0.480 e. The first-order chi connectivity index (χ1) is 15.2. The van der Waals surface area contributed by atoms with Crippen LogP contribution in [-0.4, -0.2) is 66.3 Å². The molecule has 0 aliphatic carbocycles. The number of unbranched alkanes of at least 4 members (excludes halogenated alkanes) is 1. The molecule has 1 aromatic rings. The number of rotatable bonds is 11. The van der Waals surface area contributed by atoms with Crippen LogP contribution < -0.4 is 16.4 Å². The molecule has 6 N–H and O–H groups in total. The second kappa shape index (κ2) is 13.6. The number of aliphatic carboxylic acids is 1. The number of nitrogens with zero attached hydrogens (tertiary/aromatic N) is 1. The van der Waals surface area contributed by atoms with E-state index in [1.54, 1.807) is 24.2 Å². The average molecular weight is 486 g/mol. The first-order valence-electron chi connectivity index (χ1n) is 10.5. The zero-order chi connectivity index (χ0) is 23.7. The van der Waals surface area contributed by atoms with Crippen LogP contribution in [0.5, 0.6) is 0 Å². The van der Waals surface area contributed by atoms with E-state index in [2.05, 4.69) is 10.6 Å². The summed E-state index contributed by atoms with van der Waals surface area (Å²) in [7, 11) is 1.77. The van der Waals surface area contributed by atoms with Crippen LogP contribution in [0.1, 0.15) is 49.8 Å². The number of hydroxylamine groups is 2. The summed E-state index contributed by atoms with van der Waals surface area (Å²) in [6, 6.07) is 5.89. The number of amidine groups is 1. The Kier molecular flexibility index (Phi) is 11.6. The Morgan fingerprint density at radius 3 is 2.58 bits per heavy atom. The smallest absolute Gasteiger partial charge is 0.407 e. The standard InChI is InChI=1S/C21H31N5O6.ClH/c1-3-4-9-31-21(30)25-16(20(28)29)12-24-18(27)11-15-10-17(26(2)32-15)13-5-7-14(8-6-13)19(22)23;/h5-8,15-17H,3-4,9-12H2,1-2H3,(H3,22,23)(H,24,27)(H,25,30)(H,28,29);1H/t15-,16-,17+;/m0./s1. The van der Waals surface area contributed by atoms with Crippen molar-refractivity contribution in [3.05, 3.63) is 35.4 Å². The molecule has 1 saturated heterocycles. The van der Waals surface area contributed by atoms with Gasteiger partial charge in [0, 0.05) is 19.2 Å². The SMILES string of the molecule is CCCCOC(=O)N[C@@H](CNC(=O)C[C@@H]1C[C@H](c2ccc(C(=N)N)cc2)N(C)O1)C(=O)O.Cl. The molecule has 0 saturated carbocycles. The normalized spacial score (nSPS) is 18.6. The highest BCUT2D eigenvalue weighted by Crippen LogP contribution is 2.34. The summed E-state index contributed by atoms with van der Waals surface area (Å²) in [5.74, 6) is -1.67. The summed E-state index contributed by atoms with van der Waals surface area (Å²) in [5, 5.41) is 23.2. The molecular weight excluding hydrogens is 454 g/mol. The summed E-state index contributed by atoms with van der Waals surface area (Å²) in [5.41, 5.74) is 7.08. The van der Waals surface area contributed by atoms with Crippen molar-refractivity contribution in [3.63, 3.8) is 0 Å². The van der Waals surface area contributed by atoms with Gasteiger partial charge in [-0.25, -0.2) is 9.59 Å². The lowest BCUT2D eigenvalue weighted by molar-refractivity contribution is -0.152. The molecule has 33 heavy (non-hydrogen) atoms. The number of nitrogens with one attached hydrogen (secondary N) is 3. The van der Waals surface area contributed by atoms with E-state index in [1.807, 2.05) is 19.1 Å². The van der Waals surface area contributed by atoms with Gasteiger partial charge in [-0.15, -0.1) is 12.4 Å². The van der Waals surface area contributed by atoms with Gasteiger partial charge in [-0.2, -0.15) is 5.06 Å². The maximum atomic E-state index is 12.3. The Bertz CT molecular complexity index is 822. The number of carbonyl (C=O) groups excluding carboxylic acids is 2. The van der Waals surface area contributed by atoms with Crippen LogP contribution in [0.4, 0.5) is 4.79 Å². The van der Waals surface area contributed by atoms with Crippen LogP contribution in [0.2, 0.25) is 0 Å². The van der Waals surface area contributed by atoms with Crippen molar-refractivity contribution in [2.24, 2.45) is 5.73 Å². The fourth-order valence-electron chi connectivity index (χ4n) is 3.29. The minimum absolute atomic E-state index is 0. The summed E-state index contributed by atoms with van der Waals surface area (Å²) in [6.45, 7) is 1.87. The number of carbonyl (C=O) groups is 3. The Labute approximate surface area is 198 Å². The number of carboxylic acid groups (broad SMARTS) is 1. The number of alkyl carbamates (subject to hydrolysis) is 1. The monoisotopic (exact) mass is 485 g/mol. The number of carboxylic acids is 1. The third kappa shape index (κ3) is 8.87. The van der Waals surface area contributed by atoms with Crippen LogP contribution in [-0.2, 0) is 19.2 Å². The maximum Gasteiger partial charge on any atom is 0.407 e. The van der Waals surface area contributed by atoms with Gasteiger partial charge >= 0.3 is 12.1 Å². The molecule has 1 aromatic carbocycles. The van der Waals surface area contributed by atoms with E-state index in [4.69, 9.17) is 20.7 Å². The average Bonchev–Trinajstić information content (AvgIpc) is 3.10. The lowest BCUT2D eigenvalue weighted by atomic mass is 9.99. The molecule has 3 atom stereocenters.